The minimum Gasteiger partial charge on any atom is -0.311 e. The molecule has 0 saturated heterocycles. The number of carbonyl (C=O) groups is 1. The maximum atomic E-state index is 12.0. The molecule has 0 atom stereocenters. The van der Waals surface area contributed by atoms with E-state index in [1.165, 1.54) is 0 Å². The highest BCUT2D eigenvalue weighted by molar-refractivity contribution is 6.00. The lowest BCUT2D eigenvalue weighted by Gasteiger charge is -2.25. The van der Waals surface area contributed by atoms with Gasteiger partial charge in [-0.3, -0.25) is 4.79 Å². The van der Waals surface area contributed by atoms with Crippen LogP contribution in [-0.2, 0) is 0 Å². The second-order valence-corrected chi connectivity index (χ2v) is 6.66. The van der Waals surface area contributed by atoms with Crippen molar-refractivity contribution < 1.29 is 4.79 Å². The van der Waals surface area contributed by atoms with Crippen LogP contribution in [0.4, 0.5) is 17.1 Å². The molecule has 0 amide bonds. The fraction of sp³-hybridized carbons (Fsp3) is 0.0385. The number of Topliss-reactive ketones (excluding diaryl/α,β-unsaturated/α-hetero) is 1. The Morgan fingerprint density at radius 2 is 1.04 bits per heavy atom. The second-order valence-electron chi connectivity index (χ2n) is 6.66. The number of anilines is 3. The summed E-state index contributed by atoms with van der Waals surface area (Å²) in [5.74, 6) is 0.0786. The normalized spacial score (nSPS) is 10.5. The zero-order chi connectivity index (χ0) is 19.3. The van der Waals surface area contributed by atoms with Gasteiger partial charge in [0.05, 0.1) is 0 Å². The number of benzene rings is 4. The molecule has 4 aromatic carbocycles. The lowest BCUT2D eigenvalue weighted by atomic mass is 9.97. The number of para-hydroxylation sites is 2. The van der Waals surface area contributed by atoms with Crippen LogP contribution in [0.15, 0.2) is 109 Å². The largest absolute Gasteiger partial charge is 0.311 e. The summed E-state index contributed by atoms with van der Waals surface area (Å²) in [4.78, 5) is 14.2. The topological polar surface area (TPSA) is 20.3 Å². The van der Waals surface area contributed by atoms with E-state index in [9.17, 15) is 4.79 Å². The van der Waals surface area contributed by atoms with E-state index < -0.39 is 0 Å². The van der Waals surface area contributed by atoms with Crippen LogP contribution in [0.3, 0.4) is 0 Å². The summed E-state index contributed by atoms with van der Waals surface area (Å²) < 4.78 is 0. The van der Waals surface area contributed by atoms with Crippen molar-refractivity contribution in [3.63, 3.8) is 0 Å². The average Bonchev–Trinajstić information content (AvgIpc) is 2.76. The molecule has 2 nitrogen and oxygen atoms in total. The van der Waals surface area contributed by atoms with E-state index in [-0.39, 0.29) is 5.78 Å². The molecule has 0 saturated carbocycles. The lowest BCUT2D eigenvalue weighted by molar-refractivity contribution is 0.101. The molecule has 136 valence electrons. The van der Waals surface area contributed by atoms with Crippen LogP contribution in [-0.4, -0.2) is 5.78 Å². The molecule has 0 aliphatic carbocycles. The highest BCUT2D eigenvalue weighted by atomic mass is 16.1. The molecule has 0 spiro atoms. The zero-order valence-electron chi connectivity index (χ0n) is 15.7. The number of carbonyl (C=O) groups excluding carboxylic acids is 1. The van der Waals surface area contributed by atoms with Gasteiger partial charge < -0.3 is 4.90 Å². The quantitative estimate of drug-likeness (QED) is 0.355. The monoisotopic (exact) mass is 363 g/mol. The summed E-state index contributed by atoms with van der Waals surface area (Å²) >= 11 is 0. The smallest absolute Gasteiger partial charge is 0.160 e. The molecular weight excluding hydrogens is 342 g/mol. The van der Waals surface area contributed by atoms with Crippen LogP contribution >= 0.6 is 0 Å². The third-order valence-corrected chi connectivity index (χ3v) is 4.77. The maximum Gasteiger partial charge on any atom is 0.160 e. The van der Waals surface area contributed by atoms with E-state index in [0.717, 1.165) is 33.8 Å². The molecule has 0 N–H and O–H groups in total. The van der Waals surface area contributed by atoms with Crippen LogP contribution in [0.25, 0.3) is 11.1 Å². The standard InChI is InChI=1S/C26H21NO/c1-20(28)25-14-8-9-15-26(25)21-16-18-24(19-17-21)27(22-10-4-2-5-11-22)23-12-6-3-7-13-23/h2-19H,1H3. The summed E-state index contributed by atoms with van der Waals surface area (Å²) in [7, 11) is 0. The number of ketones is 1. The van der Waals surface area contributed by atoms with E-state index in [4.69, 9.17) is 0 Å². The third kappa shape index (κ3) is 3.58. The van der Waals surface area contributed by atoms with Gasteiger partial charge in [0.15, 0.2) is 5.78 Å². The predicted octanol–water partition coefficient (Wildman–Crippen LogP) is 7.03. The Kier molecular flexibility index (Phi) is 5.03. The van der Waals surface area contributed by atoms with Gasteiger partial charge in [0, 0.05) is 22.6 Å². The van der Waals surface area contributed by atoms with Crippen LogP contribution in [0.5, 0.6) is 0 Å². The Morgan fingerprint density at radius 3 is 1.57 bits per heavy atom. The Bertz CT molecular complexity index is 1030. The molecule has 0 bridgehead atoms. The first kappa shape index (κ1) is 17.7. The predicted molar refractivity (Wildman–Crippen MR) is 117 cm³/mol. The van der Waals surface area contributed by atoms with Crippen molar-refractivity contribution in [3.8, 4) is 11.1 Å². The molecule has 4 aromatic rings. The molecular formula is C26H21NO. The van der Waals surface area contributed by atoms with Gasteiger partial charge in [0.2, 0.25) is 0 Å². The van der Waals surface area contributed by atoms with Crippen molar-refractivity contribution in [2.24, 2.45) is 0 Å². The molecule has 0 aliphatic rings. The highest BCUT2D eigenvalue weighted by Gasteiger charge is 2.13. The lowest BCUT2D eigenvalue weighted by Crippen LogP contribution is -2.09. The van der Waals surface area contributed by atoms with Gasteiger partial charge in [-0.25, -0.2) is 0 Å². The van der Waals surface area contributed by atoms with Gasteiger partial charge in [0.25, 0.3) is 0 Å². The van der Waals surface area contributed by atoms with E-state index in [1.807, 2.05) is 60.7 Å². The molecule has 2 heteroatoms. The fourth-order valence-corrected chi connectivity index (χ4v) is 3.43. The van der Waals surface area contributed by atoms with Crippen molar-refractivity contribution in [2.45, 2.75) is 6.92 Å². The van der Waals surface area contributed by atoms with Gasteiger partial charge >= 0.3 is 0 Å². The first-order valence-electron chi connectivity index (χ1n) is 9.35. The minimum atomic E-state index is 0.0786. The summed E-state index contributed by atoms with van der Waals surface area (Å²) in [6, 6.07) is 36.8. The number of nitrogens with zero attached hydrogens (tertiary/aromatic N) is 1. The van der Waals surface area contributed by atoms with E-state index in [2.05, 4.69) is 53.4 Å². The number of hydrogen-bond donors (Lipinski definition) is 0. The van der Waals surface area contributed by atoms with Crippen LogP contribution < -0.4 is 4.90 Å². The van der Waals surface area contributed by atoms with E-state index >= 15 is 0 Å². The first-order chi connectivity index (χ1) is 13.7. The summed E-state index contributed by atoms with van der Waals surface area (Å²) in [6.45, 7) is 1.61. The molecule has 0 aliphatic heterocycles. The average molecular weight is 363 g/mol. The van der Waals surface area contributed by atoms with Gasteiger partial charge in [-0.1, -0.05) is 72.8 Å². The van der Waals surface area contributed by atoms with Crippen molar-refractivity contribution >= 4 is 22.8 Å². The molecule has 0 heterocycles. The number of hydrogen-bond acceptors (Lipinski definition) is 2. The molecule has 0 aromatic heterocycles. The third-order valence-electron chi connectivity index (χ3n) is 4.77. The molecule has 0 unspecified atom stereocenters. The summed E-state index contributed by atoms with van der Waals surface area (Å²) in [5.41, 5.74) is 6.03. The molecule has 28 heavy (non-hydrogen) atoms. The van der Waals surface area contributed by atoms with E-state index in [1.54, 1.807) is 6.92 Å². The zero-order valence-corrected chi connectivity index (χ0v) is 15.7. The maximum absolute atomic E-state index is 12.0. The van der Waals surface area contributed by atoms with Gasteiger partial charge in [-0.2, -0.15) is 0 Å². The van der Waals surface area contributed by atoms with Gasteiger partial charge in [-0.05, 0) is 54.4 Å². The second kappa shape index (κ2) is 7.93. The van der Waals surface area contributed by atoms with Crippen molar-refractivity contribution in [3.05, 3.63) is 115 Å². The minimum absolute atomic E-state index is 0.0786. The van der Waals surface area contributed by atoms with Crippen molar-refractivity contribution in [1.82, 2.24) is 0 Å². The summed E-state index contributed by atoms with van der Waals surface area (Å²) in [5, 5.41) is 0. The van der Waals surface area contributed by atoms with E-state index in [0.29, 0.717) is 0 Å². The van der Waals surface area contributed by atoms with Crippen molar-refractivity contribution in [1.29, 1.82) is 0 Å². The number of rotatable bonds is 5. The van der Waals surface area contributed by atoms with Gasteiger partial charge in [-0.15, -0.1) is 0 Å². The van der Waals surface area contributed by atoms with Crippen LogP contribution in [0.2, 0.25) is 0 Å². The highest BCUT2D eigenvalue weighted by Crippen LogP contribution is 2.35. The Balaban J connectivity index is 1.77. The Labute approximate surface area is 165 Å². The van der Waals surface area contributed by atoms with Crippen LogP contribution in [0.1, 0.15) is 17.3 Å². The van der Waals surface area contributed by atoms with Crippen LogP contribution in [0, 0.1) is 0 Å². The molecule has 4 rings (SSSR count). The first-order valence-corrected chi connectivity index (χ1v) is 9.35. The van der Waals surface area contributed by atoms with Gasteiger partial charge in [0.1, 0.15) is 0 Å². The SMILES string of the molecule is CC(=O)c1ccccc1-c1ccc(N(c2ccccc2)c2ccccc2)cc1. The Hall–Kier alpha value is -3.65. The Morgan fingerprint density at radius 1 is 0.571 bits per heavy atom. The fourth-order valence-electron chi connectivity index (χ4n) is 3.43. The van der Waals surface area contributed by atoms with Crippen molar-refractivity contribution in [2.75, 3.05) is 4.90 Å². The summed E-state index contributed by atoms with van der Waals surface area (Å²) in [6.07, 6.45) is 0. The molecule has 0 radical (unpaired) electrons. The molecule has 0 fully saturated rings.